The lowest BCUT2D eigenvalue weighted by Gasteiger charge is -2.13. The molecule has 1 aromatic rings. The molecule has 2 N–H and O–H groups in total. The molecule has 0 bridgehead atoms. The molecule has 7 heteroatoms. The maximum atomic E-state index is 11.6. The topological polar surface area (TPSA) is 56.7 Å². The van der Waals surface area contributed by atoms with Crippen molar-refractivity contribution in [1.29, 1.82) is 0 Å². The number of amides is 1. The van der Waals surface area contributed by atoms with E-state index in [1.807, 2.05) is 25.1 Å². The van der Waals surface area contributed by atoms with Gasteiger partial charge in [-0.25, -0.2) is 4.99 Å². The van der Waals surface area contributed by atoms with Crippen molar-refractivity contribution in [2.45, 2.75) is 11.8 Å². The summed E-state index contributed by atoms with van der Waals surface area (Å²) >= 11 is 1.78. The Labute approximate surface area is 166 Å². The molecule has 0 aromatic heterocycles. The molecule has 0 atom stereocenters. The minimum Gasteiger partial charge on any atom is -0.356 e. The van der Waals surface area contributed by atoms with Crippen LogP contribution in [0.5, 0.6) is 0 Å². The number of hydrogen-bond acceptors (Lipinski definition) is 3. The Morgan fingerprint density at radius 3 is 2.50 bits per heavy atom. The smallest absolute Gasteiger partial charge is 0.243 e. The summed E-state index contributed by atoms with van der Waals surface area (Å²) in [4.78, 5) is 18.7. The van der Waals surface area contributed by atoms with Crippen molar-refractivity contribution >= 4 is 47.6 Å². The van der Waals surface area contributed by atoms with Gasteiger partial charge in [0.15, 0.2) is 5.96 Å². The second-order valence-electron chi connectivity index (χ2n) is 5.35. The summed E-state index contributed by atoms with van der Waals surface area (Å²) in [5.41, 5.74) is 1.01. The van der Waals surface area contributed by atoms with E-state index in [2.05, 4.69) is 34.3 Å². The monoisotopic (exact) mass is 462 g/mol. The average molecular weight is 462 g/mol. The minimum absolute atomic E-state index is 0. The minimum atomic E-state index is -0.0277. The lowest BCUT2D eigenvalue weighted by Crippen LogP contribution is -2.40. The molecule has 0 aliphatic rings. The van der Waals surface area contributed by atoms with Crippen LogP contribution in [0.2, 0.25) is 0 Å². The van der Waals surface area contributed by atoms with Gasteiger partial charge in [-0.3, -0.25) is 4.79 Å². The van der Waals surface area contributed by atoms with Crippen molar-refractivity contribution in [3.63, 3.8) is 0 Å². The zero-order chi connectivity index (χ0) is 17.1. The van der Waals surface area contributed by atoms with Gasteiger partial charge in [-0.15, -0.1) is 35.7 Å². The molecule has 24 heavy (non-hydrogen) atoms. The molecule has 0 saturated heterocycles. The Morgan fingerprint density at radius 1 is 1.25 bits per heavy atom. The number of hydrogen-bond donors (Lipinski definition) is 2. The van der Waals surface area contributed by atoms with Crippen LogP contribution in [0.3, 0.4) is 0 Å². The standard InChI is InChI=1S/C17H26N4OS.HI/c1-14(2)12-19-17(20-13-16(22)21(3)4)18-10-11-23-15-8-6-5-7-9-15;/h5-9H,1,10-13H2,2-4H3,(H2,18,19,20);1H. The maximum absolute atomic E-state index is 11.6. The molecule has 1 amide bonds. The van der Waals surface area contributed by atoms with E-state index in [0.717, 1.165) is 17.9 Å². The number of halogens is 1. The molecular weight excluding hydrogens is 435 g/mol. The van der Waals surface area contributed by atoms with Gasteiger partial charge in [0.1, 0.15) is 6.54 Å². The number of benzene rings is 1. The van der Waals surface area contributed by atoms with Crippen LogP contribution in [0.15, 0.2) is 52.4 Å². The Morgan fingerprint density at radius 2 is 1.92 bits per heavy atom. The van der Waals surface area contributed by atoms with Crippen molar-refractivity contribution in [2.75, 3.05) is 39.5 Å². The number of guanidine groups is 1. The highest BCUT2D eigenvalue weighted by atomic mass is 127. The molecule has 1 rings (SSSR count). The van der Waals surface area contributed by atoms with Gasteiger partial charge in [0.2, 0.25) is 5.91 Å². The van der Waals surface area contributed by atoms with Gasteiger partial charge in [0.05, 0.1) is 0 Å². The lowest BCUT2D eigenvalue weighted by molar-refractivity contribution is -0.127. The van der Waals surface area contributed by atoms with E-state index in [1.54, 1.807) is 25.9 Å². The van der Waals surface area contributed by atoms with Crippen LogP contribution < -0.4 is 10.6 Å². The zero-order valence-corrected chi connectivity index (χ0v) is 17.7. The van der Waals surface area contributed by atoms with Crippen molar-refractivity contribution in [3.8, 4) is 0 Å². The van der Waals surface area contributed by atoms with E-state index in [4.69, 9.17) is 0 Å². The van der Waals surface area contributed by atoms with Crippen LogP contribution in [0.4, 0.5) is 0 Å². The molecule has 5 nitrogen and oxygen atoms in total. The van der Waals surface area contributed by atoms with Crippen LogP contribution in [0, 0.1) is 0 Å². The van der Waals surface area contributed by atoms with Crippen LogP contribution in [0.1, 0.15) is 6.92 Å². The number of nitrogens with zero attached hydrogens (tertiary/aromatic N) is 2. The molecule has 1 aromatic carbocycles. The first-order chi connectivity index (χ1) is 11.0. The van der Waals surface area contributed by atoms with Crippen molar-refractivity contribution in [3.05, 3.63) is 42.5 Å². The van der Waals surface area contributed by atoms with Gasteiger partial charge in [-0.1, -0.05) is 30.4 Å². The molecule has 0 radical (unpaired) electrons. The second kappa shape index (κ2) is 13.1. The number of carbonyl (C=O) groups is 1. The van der Waals surface area contributed by atoms with Crippen LogP contribution >= 0.6 is 35.7 Å². The fourth-order valence-corrected chi connectivity index (χ4v) is 2.34. The van der Waals surface area contributed by atoms with E-state index >= 15 is 0 Å². The maximum Gasteiger partial charge on any atom is 0.243 e. The third kappa shape index (κ3) is 10.5. The van der Waals surface area contributed by atoms with E-state index in [0.29, 0.717) is 12.5 Å². The second-order valence-corrected chi connectivity index (χ2v) is 6.52. The van der Waals surface area contributed by atoms with E-state index < -0.39 is 0 Å². The van der Waals surface area contributed by atoms with Gasteiger partial charge in [0.25, 0.3) is 0 Å². The van der Waals surface area contributed by atoms with Crippen molar-refractivity contribution < 1.29 is 4.79 Å². The van der Waals surface area contributed by atoms with Crippen LogP contribution in [0.25, 0.3) is 0 Å². The first-order valence-electron chi connectivity index (χ1n) is 7.53. The summed E-state index contributed by atoms with van der Waals surface area (Å²) in [5.74, 6) is 1.52. The molecule has 134 valence electrons. The summed E-state index contributed by atoms with van der Waals surface area (Å²) in [6, 6.07) is 10.3. The predicted octanol–water partition coefficient (Wildman–Crippen LogP) is 2.60. The average Bonchev–Trinajstić information content (AvgIpc) is 2.53. The first-order valence-corrected chi connectivity index (χ1v) is 8.52. The summed E-state index contributed by atoms with van der Waals surface area (Å²) in [6.45, 7) is 7.33. The lowest BCUT2D eigenvalue weighted by atomic mass is 10.3. The SMILES string of the molecule is C=C(C)CNC(=NCC(=O)N(C)C)NCCSc1ccccc1.I. The van der Waals surface area contributed by atoms with Gasteiger partial charge in [0, 0.05) is 37.8 Å². The third-order valence-corrected chi connectivity index (χ3v) is 3.85. The van der Waals surface area contributed by atoms with Crippen molar-refractivity contribution in [2.24, 2.45) is 4.99 Å². The quantitative estimate of drug-likeness (QED) is 0.156. The fraction of sp³-hybridized carbons (Fsp3) is 0.412. The Bertz CT molecular complexity index is 535. The highest BCUT2D eigenvalue weighted by Gasteiger charge is 2.04. The van der Waals surface area contributed by atoms with Crippen LogP contribution in [-0.2, 0) is 4.79 Å². The third-order valence-electron chi connectivity index (χ3n) is 2.84. The largest absolute Gasteiger partial charge is 0.356 e. The number of likely N-dealkylation sites (N-methyl/N-ethyl adjacent to an activating group) is 1. The number of carbonyl (C=O) groups excluding carboxylic acids is 1. The highest BCUT2D eigenvalue weighted by Crippen LogP contribution is 2.15. The summed E-state index contributed by atoms with van der Waals surface area (Å²) in [7, 11) is 3.45. The molecule has 0 aliphatic carbocycles. The molecular formula is C17H27IN4OS. The van der Waals surface area contributed by atoms with E-state index in [-0.39, 0.29) is 36.4 Å². The molecule has 0 unspecified atom stereocenters. The molecule has 0 heterocycles. The summed E-state index contributed by atoms with van der Waals surface area (Å²) < 4.78 is 0. The molecule has 0 spiro atoms. The molecule has 0 fully saturated rings. The number of aliphatic imine (C=N–C) groups is 1. The normalized spacial score (nSPS) is 10.5. The first kappa shape index (κ1) is 22.8. The number of nitrogens with one attached hydrogen (secondary N) is 2. The van der Waals surface area contributed by atoms with Gasteiger partial charge in [-0.2, -0.15) is 0 Å². The summed E-state index contributed by atoms with van der Waals surface area (Å²) in [6.07, 6.45) is 0. The van der Waals surface area contributed by atoms with E-state index in [1.165, 1.54) is 9.80 Å². The highest BCUT2D eigenvalue weighted by molar-refractivity contribution is 14.0. The molecule has 0 aliphatic heterocycles. The molecule has 0 saturated carbocycles. The van der Waals surface area contributed by atoms with Crippen LogP contribution in [-0.4, -0.2) is 56.2 Å². The van der Waals surface area contributed by atoms with Gasteiger partial charge >= 0.3 is 0 Å². The Balaban J connectivity index is 0.00000529. The number of thioether (sulfide) groups is 1. The fourth-order valence-electron chi connectivity index (χ4n) is 1.55. The predicted molar refractivity (Wildman–Crippen MR) is 114 cm³/mol. The number of rotatable bonds is 8. The summed E-state index contributed by atoms with van der Waals surface area (Å²) in [5, 5.41) is 6.42. The van der Waals surface area contributed by atoms with E-state index in [9.17, 15) is 4.79 Å². The van der Waals surface area contributed by atoms with Crippen molar-refractivity contribution in [1.82, 2.24) is 15.5 Å². The van der Waals surface area contributed by atoms with Gasteiger partial charge < -0.3 is 15.5 Å². The Kier molecular flexibility index (Phi) is 12.4. The zero-order valence-electron chi connectivity index (χ0n) is 14.5. The van der Waals surface area contributed by atoms with Gasteiger partial charge in [-0.05, 0) is 19.1 Å². The Hall–Kier alpha value is -1.22.